The zero-order valence-electron chi connectivity index (χ0n) is 13.6. The predicted molar refractivity (Wildman–Crippen MR) is 90.5 cm³/mol. The summed E-state index contributed by atoms with van der Waals surface area (Å²) in [5.74, 6) is 1.83. The molecule has 3 aromatic rings. The molecule has 0 amide bonds. The first-order valence-corrected chi connectivity index (χ1v) is 8.33. The Balaban J connectivity index is 1.92. The summed E-state index contributed by atoms with van der Waals surface area (Å²) >= 11 is 1.71. The van der Waals surface area contributed by atoms with Gasteiger partial charge in [0.1, 0.15) is 5.82 Å². The number of hydrogen-bond acceptors (Lipinski definition) is 4. The van der Waals surface area contributed by atoms with Crippen molar-refractivity contribution in [3.8, 4) is 0 Å². The zero-order valence-corrected chi connectivity index (χ0v) is 14.5. The molecule has 0 N–H and O–H groups in total. The lowest BCUT2D eigenvalue weighted by molar-refractivity contribution is 0.854. The van der Waals surface area contributed by atoms with E-state index in [1.54, 1.807) is 11.8 Å². The summed E-state index contributed by atoms with van der Waals surface area (Å²) in [6.45, 7) is 10.5. The van der Waals surface area contributed by atoms with Crippen LogP contribution in [0.4, 0.5) is 0 Å². The molecule has 2 aromatic heterocycles. The molecule has 0 aliphatic carbocycles. The van der Waals surface area contributed by atoms with Gasteiger partial charge in [-0.05, 0) is 51.3 Å². The SMILES string of the molecule is Cc1cc(C)c(CSc2nnc3cc(C)nc(C)n23)c(C)c1. The maximum Gasteiger partial charge on any atom is 0.197 e. The van der Waals surface area contributed by atoms with Gasteiger partial charge < -0.3 is 0 Å². The number of hydrogen-bond donors (Lipinski definition) is 0. The van der Waals surface area contributed by atoms with Crippen LogP contribution in [-0.2, 0) is 5.75 Å². The molecule has 0 bridgehead atoms. The summed E-state index contributed by atoms with van der Waals surface area (Å²) in [4.78, 5) is 4.51. The summed E-state index contributed by atoms with van der Waals surface area (Å²) in [5, 5.41) is 9.49. The topological polar surface area (TPSA) is 43.1 Å². The molecule has 22 heavy (non-hydrogen) atoms. The van der Waals surface area contributed by atoms with Crippen molar-refractivity contribution < 1.29 is 0 Å². The van der Waals surface area contributed by atoms with E-state index in [2.05, 4.69) is 48.1 Å². The lowest BCUT2D eigenvalue weighted by atomic mass is 10.0. The van der Waals surface area contributed by atoms with Crippen molar-refractivity contribution in [3.05, 3.63) is 52.0 Å². The van der Waals surface area contributed by atoms with Crippen LogP contribution in [0.2, 0.25) is 0 Å². The number of rotatable bonds is 3. The third kappa shape index (κ3) is 2.73. The average Bonchev–Trinajstić information content (AvgIpc) is 2.80. The van der Waals surface area contributed by atoms with Gasteiger partial charge >= 0.3 is 0 Å². The minimum absolute atomic E-state index is 0.866. The molecule has 0 atom stereocenters. The molecular formula is C17H20N4S. The van der Waals surface area contributed by atoms with Crippen molar-refractivity contribution in [1.82, 2.24) is 19.6 Å². The van der Waals surface area contributed by atoms with E-state index < -0.39 is 0 Å². The van der Waals surface area contributed by atoms with E-state index >= 15 is 0 Å². The van der Waals surface area contributed by atoms with Crippen molar-refractivity contribution in [2.45, 2.75) is 45.5 Å². The molecule has 4 nitrogen and oxygen atoms in total. The molecule has 0 fully saturated rings. The third-order valence-corrected chi connectivity index (χ3v) is 4.80. The standard InChI is InChI=1S/C17H20N4S/c1-10-6-11(2)15(12(3)7-10)9-22-17-20-19-16-8-13(4)18-14(5)21(16)17/h6-8H,9H2,1-5H3. The third-order valence-electron chi connectivity index (χ3n) is 3.84. The van der Waals surface area contributed by atoms with E-state index in [9.17, 15) is 0 Å². The van der Waals surface area contributed by atoms with E-state index in [-0.39, 0.29) is 0 Å². The maximum absolute atomic E-state index is 4.51. The molecule has 0 aliphatic rings. The monoisotopic (exact) mass is 312 g/mol. The molecule has 0 saturated carbocycles. The molecular weight excluding hydrogens is 292 g/mol. The van der Waals surface area contributed by atoms with Gasteiger partial charge in [0.2, 0.25) is 0 Å². The Morgan fingerprint density at radius 3 is 2.32 bits per heavy atom. The summed E-state index contributed by atoms with van der Waals surface area (Å²) in [6.07, 6.45) is 0. The second kappa shape index (κ2) is 5.72. The van der Waals surface area contributed by atoms with Crippen LogP contribution >= 0.6 is 11.8 Å². The second-order valence-electron chi connectivity index (χ2n) is 5.79. The Bertz CT molecular complexity index is 828. The molecule has 0 spiro atoms. The quantitative estimate of drug-likeness (QED) is 0.687. The summed E-state index contributed by atoms with van der Waals surface area (Å²) < 4.78 is 2.02. The van der Waals surface area contributed by atoms with Crippen LogP contribution in [0.15, 0.2) is 23.4 Å². The van der Waals surface area contributed by atoms with Crippen molar-refractivity contribution in [3.63, 3.8) is 0 Å². The molecule has 0 saturated heterocycles. The predicted octanol–water partition coefficient (Wildman–Crippen LogP) is 3.96. The van der Waals surface area contributed by atoms with Gasteiger partial charge in [0, 0.05) is 17.5 Å². The molecule has 5 heteroatoms. The zero-order chi connectivity index (χ0) is 15.9. The minimum Gasteiger partial charge on any atom is -0.258 e. The van der Waals surface area contributed by atoms with Crippen molar-refractivity contribution in [2.75, 3.05) is 0 Å². The maximum atomic E-state index is 4.51. The Labute approximate surface area is 135 Å². The largest absolute Gasteiger partial charge is 0.258 e. The summed E-state index contributed by atoms with van der Waals surface area (Å²) in [6, 6.07) is 6.44. The highest BCUT2D eigenvalue weighted by atomic mass is 32.2. The normalized spacial score (nSPS) is 11.3. The first-order valence-electron chi connectivity index (χ1n) is 7.34. The van der Waals surface area contributed by atoms with Crippen LogP contribution in [0.1, 0.15) is 33.8 Å². The van der Waals surface area contributed by atoms with Gasteiger partial charge in [-0.3, -0.25) is 4.40 Å². The molecule has 0 unspecified atom stereocenters. The van der Waals surface area contributed by atoms with Crippen molar-refractivity contribution in [2.24, 2.45) is 0 Å². The lowest BCUT2D eigenvalue weighted by Crippen LogP contribution is -1.99. The van der Waals surface area contributed by atoms with E-state index in [4.69, 9.17) is 0 Å². The van der Waals surface area contributed by atoms with Crippen LogP contribution in [0.3, 0.4) is 0 Å². The number of nitrogens with zero attached hydrogens (tertiary/aromatic N) is 4. The Morgan fingerprint density at radius 2 is 1.64 bits per heavy atom. The fourth-order valence-electron chi connectivity index (χ4n) is 2.87. The highest BCUT2D eigenvalue weighted by Gasteiger charge is 2.12. The Hall–Kier alpha value is -1.88. The molecule has 0 radical (unpaired) electrons. The van der Waals surface area contributed by atoms with Crippen LogP contribution < -0.4 is 0 Å². The number of aromatic nitrogens is 4. The first kappa shape index (κ1) is 15.0. The summed E-state index contributed by atoms with van der Waals surface area (Å²) in [5.41, 5.74) is 7.20. The first-order chi connectivity index (χ1) is 10.5. The van der Waals surface area contributed by atoms with Gasteiger partial charge in [-0.1, -0.05) is 29.5 Å². The van der Waals surface area contributed by atoms with Crippen LogP contribution in [-0.4, -0.2) is 19.6 Å². The number of fused-ring (bicyclic) bond motifs is 1. The fourth-order valence-corrected chi connectivity index (χ4v) is 4.05. The number of benzene rings is 1. The fraction of sp³-hybridized carbons (Fsp3) is 0.353. The molecule has 114 valence electrons. The van der Waals surface area contributed by atoms with E-state index in [0.29, 0.717) is 0 Å². The lowest BCUT2D eigenvalue weighted by Gasteiger charge is -2.10. The Morgan fingerprint density at radius 1 is 0.955 bits per heavy atom. The van der Waals surface area contributed by atoms with Gasteiger partial charge in [-0.25, -0.2) is 4.98 Å². The minimum atomic E-state index is 0.866. The van der Waals surface area contributed by atoms with Crippen LogP contribution in [0, 0.1) is 34.6 Å². The smallest absolute Gasteiger partial charge is 0.197 e. The molecule has 3 rings (SSSR count). The number of aryl methyl sites for hydroxylation is 5. The van der Waals surface area contributed by atoms with E-state index in [1.807, 2.05) is 24.3 Å². The second-order valence-corrected chi connectivity index (χ2v) is 6.73. The van der Waals surface area contributed by atoms with Gasteiger partial charge in [-0.2, -0.15) is 0 Å². The van der Waals surface area contributed by atoms with E-state index in [1.165, 1.54) is 22.3 Å². The van der Waals surface area contributed by atoms with Gasteiger partial charge in [0.25, 0.3) is 0 Å². The van der Waals surface area contributed by atoms with Gasteiger partial charge in [-0.15, -0.1) is 10.2 Å². The van der Waals surface area contributed by atoms with Crippen molar-refractivity contribution >= 4 is 17.4 Å². The van der Waals surface area contributed by atoms with E-state index in [0.717, 1.165) is 28.1 Å². The summed E-state index contributed by atoms with van der Waals surface area (Å²) in [7, 11) is 0. The van der Waals surface area contributed by atoms with Crippen molar-refractivity contribution in [1.29, 1.82) is 0 Å². The van der Waals surface area contributed by atoms with Crippen LogP contribution in [0.5, 0.6) is 0 Å². The average molecular weight is 312 g/mol. The highest BCUT2D eigenvalue weighted by molar-refractivity contribution is 7.98. The molecule has 1 aromatic carbocycles. The molecule has 0 aliphatic heterocycles. The van der Waals surface area contributed by atoms with Crippen LogP contribution in [0.25, 0.3) is 5.65 Å². The Kier molecular flexibility index (Phi) is 3.91. The van der Waals surface area contributed by atoms with Gasteiger partial charge in [0.05, 0.1) is 0 Å². The van der Waals surface area contributed by atoms with Gasteiger partial charge in [0.15, 0.2) is 10.8 Å². The number of thioether (sulfide) groups is 1. The molecule has 2 heterocycles. The highest BCUT2D eigenvalue weighted by Crippen LogP contribution is 2.27.